The molecular formula is C10H20ClNO2. The van der Waals surface area contributed by atoms with Crippen molar-refractivity contribution in [1.82, 2.24) is 5.32 Å². The molecule has 84 valence electrons. The van der Waals surface area contributed by atoms with Crippen LogP contribution < -0.4 is 5.32 Å². The number of carbonyl (C=O) groups is 1. The molecule has 0 unspecified atom stereocenters. The molecule has 4 heteroatoms. The van der Waals surface area contributed by atoms with E-state index >= 15 is 0 Å². The van der Waals surface area contributed by atoms with Crippen LogP contribution in [0, 0.1) is 0 Å². The Morgan fingerprint density at radius 3 is 2.64 bits per heavy atom. The van der Waals surface area contributed by atoms with Gasteiger partial charge in [-0.2, -0.15) is 0 Å². The van der Waals surface area contributed by atoms with Gasteiger partial charge in [0.2, 0.25) is 0 Å². The van der Waals surface area contributed by atoms with Gasteiger partial charge in [-0.1, -0.05) is 13.3 Å². The van der Waals surface area contributed by atoms with Crippen molar-refractivity contribution in [3.05, 3.63) is 0 Å². The maximum atomic E-state index is 11.7. The summed E-state index contributed by atoms with van der Waals surface area (Å²) >= 11 is 0. The zero-order valence-corrected chi connectivity index (χ0v) is 9.78. The van der Waals surface area contributed by atoms with Gasteiger partial charge in [0.25, 0.3) is 0 Å². The molecule has 1 saturated heterocycles. The Labute approximate surface area is 92.0 Å². The first-order valence-corrected chi connectivity index (χ1v) is 5.17. The van der Waals surface area contributed by atoms with Crippen LogP contribution >= 0.6 is 12.4 Å². The minimum absolute atomic E-state index is 0. The summed E-state index contributed by atoms with van der Waals surface area (Å²) in [6, 6.07) is 0. The van der Waals surface area contributed by atoms with Crippen LogP contribution in [0.15, 0.2) is 0 Å². The van der Waals surface area contributed by atoms with Crippen molar-refractivity contribution in [3.63, 3.8) is 0 Å². The summed E-state index contributed by atoms with van der Waals surface area (Å²) in [5.74, 6) is -0.0608. The van der Waals surface area contributed by atoms with Crippen LogP contribution in [0.4, 0.5) is 0 Å². The molecule has 0 aromatic carbocycles. The molecule has 1 aliphatic heterocycles. The SMILES string of the molecule is CCC[C@]1(C(=O)OCC)CCCN1.Cl. The van der Waals surface area contributed by atoms with Crippen molar-refractivity contribution in [2.24, 2.45) is 0 Å². The van der Waals surface area contributed by atoms with Crippen molar-refractivity contribution in [2.75, 3.05) is 13.2 Å². The van der Waals surface area contributed by atoms with E-state index in [0.717, 1.165) is 32.2 Å². The second-order valence-corrected chi connectivity index (χ2v) is 3.58. The van der Waals surface area contributed by atoms with E-state index in [1.807, 2.05) is 6.92 Å². The van der Waals surface area contributed by atoms with Crippen molar-refractivity contribution in [2.45, 2.75) is 45.1 Å². The highest BCUT2D eigenvalue weighted by atomic mass is 35.5. The lowest BCUT2D eigenvalue weighted by Crippen LogP contribution is -2.48. The molecule has 0 aromatic heterocycles. The molecule has 1 heterocycles. The molecule has 1 atom stereocenters. The lowest BCUT2D eigenvalue weighted by molar-refractivity contribution is -0.150. The monoisotopic (exact) mass is 221 g/mol. The van der Waals surface area contributed by atoms with Gasteiger partial charge in [0.05, 0.1) is 6.61 Å². The van der Waals surface area contributed by atoms with Crippen LogP contribution in [0.3, 0.4) is 0 Å². The van der Waals surface area contributed by atoms with E-state index in [1.165, 1.54) is 0 Å². The number of esters is 1. The van der Waals surface area contributed by atoms with Crippen molar-refractivity contribution in [3.8, 4) is 0 Å². The van der Waals surface area contributed by atoms with Crippen molar-refractivity contribution >= 4 is 18.4 Å². The standard InChI is InChI=1S/C10H19NO2.ClH/c1-3-6-10(7-5-8-11-10)9(12)13-4-2;/h11H,3-8H2,1-2H3;1H/t10-;/m1./s1. The Morgan fingerprint density at radius 2 is 2.21 bits per heavy atom. The average Bonchev–Trinajstić information content (AvgIpc) is 2.55. The minimum atomic E-state index is -0.356. The lowest BCUT2D eigenvalue weighted by atomic mass is 9.92. The highest BCUT2D eigenvalue weighted by molar-refractivity contribution is 5.85. The first-order chi connectivity index (χ1) is 6.25. The van der Waals surface area contributed by atoms with Crippen molar-refractivity contribution in [1.29, 1.82) is 0 Å². The van der Waals surface area contributed by atoms with E-state index in [9.17, 15) is 4.79 Å². The van der Waals surface area contributed by atoms with E-state index in [1.54, 1.807) is 0 Å². The molecular weight excluding hydrogens is 202 g/mol. The Kier molecular flexibility index (Phi) is 6.12. The summed E-state index contributed by atoms with van der Waals surface area (Å²) in [4.78, 5) is 11.7. The van der Waals surface area contributed by atoms with E-state index in [0.29, 0.717) is 6.61 Å². The largest absolute Gasteiger partial charge is 0.465 e. The molecule has 1 fully saturated rings. The topological polar surface area (TPSA) is 38.3 Å². The predicted molar refractivity (Wildman–Crippen MR) is 58.8 cm³/mol. The summed E-state index contributed by atoms with van der Waals surface area (Å²) in [7, 11) is 0. The molecule has 14 heavy (non-hydrogen) atoms. The normalized spacial score (nSPS) is 25.6. The first kappa shape index (κ1) is 13.7. The van der Waals surface area contributed by atoms with Crippen LogP contribution in [0.2, 0.25) is 0 Å². The maximum absolute atomic E-state index is 11.7. The highest BCUT2D eigenvalue weighted by Crippen LogP contribution is 2.25. The van der Waals surface area contributed by atoms with E-state index in [-0.39, 0.29) is 23.9 Å². The number of hydrogen-bond donors (Lipinski definition) is 1. The summed E-state index contributed by atoms with van der Waals surface area (Å²) in [5.41, 5.74) is -0.356. The van der Waals surface area contributed by atoms with Gasteiger partial charge in [0.15, 0.2) is 0 Å². The van der Waals surface area contributed by atoms with Crippen molar-refractivity contribution < 1.29 is 9.53 Å². The number of rotatable bonds is 4. The summed E-state index contributed by atoms with van der Waals surface area (Å²) in [6.07, 6.45) is 3.93. The maximum Gasteiger partial charge on any atom is 0.326 e. The van der Waals surface area contributed by atoms with Crippen LogP contribution in [-0.2, 0) is 9.53 Å². The molecule has 0 radical (unpaired) electrons. The number of nitrogens with one attached hydrogen (secondary N) is 1. The van der Waals surface area contributed by atoms with E-state index in [4.69, 9.17) is 4.74 Å². The Bertz CT molecular complexity index is 179. The number of hydrogen-bond acceptors (Lipinski definition) is 3. The number of ether oxygens (including phenoxy) is 1. The zero-order valence-electron chi connectivity index (χ0n) is 8.97. The van der Waals surface area contributed by atoms with Gasteiger partial charge in [-0.25, -0.2) is 0 Å². The van der Waals surface area contributed by atoms with Gasteiger partial charge < -0.3 is 10.1 Å². The van der Waals surface area contributed by atoms with Crippen LogP contribution in [0.25, 0.3) is 0 Å². The fraction of sp³-hybridized carbons (Fsp3) is 0.900. The Morgan fingerprint density at radius 1 is 1.50 bits per heavy atom. The molecule has 0 aliphatic carbocycles. The third-order valence-corrected chi connectivity index (χ3v) is 2.59. The molecule has 0 amide bonds. The van der Waals surface area contributed by atoms with Gasteiger partial charge in [-0.15, -0.1) is 12.4 Å². The molecule has 1 aliphatic rings. The third-order valence-electron chi connectivity index (χ3n) is 2.59. The second-order valence-electron chi connectivity index (χ2n) is 3.58. The van der Waals surface area contributed by atoms with E-state index in [2.05, 4.69) is 12.2 Å². The Balaban J connectivity index is 0.00000169. The molecule has 1 rings (SSSR count). The van der Waals surface area contributed by atoms with Crippen LogP contribution in [-0.4, -0.2) is 24.7 Å². The van der Waals surface area contributed by atoms with Crippen LogP contribution in [0.1, 0.15) is 39.5 Å². The number of carbonyl (C=O) groups excluding carboxylic acids is 1. The van der Waals surface area contributed by atoms with Crippen LogP contribution in [0.5, 0.6) is 0 Å². The molecule has 0 spiro atoms. The third kappa shape index (κ3) is 2.85. The van der Waals surface area contributed by atoms with Gasteiger partial charge in [0, 0.05) is 0 Å². The van der Waals surface area contributed by atoms with Gasteiger partial charge in [-0.05, 0) is 32.7 Å². The lowest BCUT2D eigenvalue weighted by Gasteiger charge is -2.26. The number of halogens is 1. The van der Waals surface area contributed by atoms with Gasteiger partial charge >= 0.3 is 5.97 Å². The fourth-order valence-corrected chi connectivity index (χ4v) is 1.99. The average molecular weight is 222 g/mol. The quantitative estimate of drug-likeness (QED) is 0.737. The van der Waals surface area contributed by atoms with Gasteiger partial charge in [0.1, 0.15) is 5.54 Å². The molecule has 0 aromatic rings. The predicted octanol–water partition coefficient (Wildman–Crippen LogP) is 1.89. The molecule has 0 saturated carbocycles. The smallest absolute Gasteiger partial charge is 0.326 e. The van der Waals surface area contributed by atoms with Gasteiger partial charge in [-0.3, -0.25) is 4.79 Å². The fourth-order valence-electron chi connectivity index (χ4n) is 1.99. The van der Waals surface area contributed by atoms with E-state index < -0.39 is 0 Å². The second kappa shape index (κ2) is 6.25. The highest BCUT2D eigenvalue weighted by Gasteiger charge is 2.41. The zero-order chi connectivity index (χ0) is 9.73. The molecule has 1 N–H and O–H groups in total. The summed E-state index contributed by atoms with van der Waals surface area (Å²) in [6.45, 7) is 5.37. The Hall–Kier alpha value is -0.280. The minimum Gasteiger partial charge on any atom is -0.465 e. The summed E-state index contributed by atoms with van der Waals surface area (Å²) < 4.78 is 5.08. The molecule has 0 bridgehead atoms. The summed E-state index contributed by atoms with van der Waals surface area (Å²) in [5, 5.41) is 3.28. The first-order valence-electron chi connectivity index (χ1n) is 5.17. The molecule has 3 nitrogen and oxygen atoms in total.